The Hall–Kier alpha value is -2.22. The van der Waals surface area contributed by atoms with Gasteiger partial charge in [-0.2, -0.15) is 0 Å². The van der Waals surface area contributed by atoms with E-state index in [0.717, 1.165) is 12.4 Å². The van der Waals surface area contributed by atoms with Crippen LogP contribution in [-0.2, 0) is 10.0 Å². The molecule has 0 fully saturated rings. The minimum atomic E-state index is -3.93. The Morgan fingerprint density at radius 2 is 1.85 bits per heavy atom. The van der Waals surface area contributed by atoms with E-state index in [1.54, 1.807) is 20.0 Å². The first kappa shape index (κ1) is 14.2. The number of hydrogen-bond donors (Lipinski definition) is 2. The Morgan fingerprint density at radius 3 is 2.40 bits per heavy atom. The molecule has 0 spiro atoms. The SMILES string of the molecule is CNc1ncc(S(=O)(=O)Nc2c(C)cccc2F)cn1. The molecule has 0 aliphatic heterocycles. The Balaban J connectivity index is 2.35. The summed E-state index contributed by atoms with van der Waals surface area (Å²) in [7, 11) is -2.31. The second-order valence-corrected chi connectivity index (χ2v) is 5.71. The van der Waals surface area contributed by atoms with E-state index >= 15 is 0 Å². The minimum Gasteiger partial charge on any atom is -0.357 e. The zero-order chi connectivity index (χ0) is 14.8. The maximum absolute atomic E-state index is 13.6. The highest BCUT2D eigenvalue weighted by molar-refractivity contribution is 7.92. The van der Waals surface area contributed by atoms with Gasteiger partial charge in [0.1, 0.15) is 10.7 Å². The van der Waals surface area contributed by atoms with E-state index in [1.807, 2.05) is 0 Å². The zero-order valence-corrected chi connectivity index (χ0v) is 11.7. The molecule has 1 heterocycles. The lowest BCUT2D eigenvalue weighted by molar-refractivity contribution is 0.597. The number of aromatic nitrogens is 2. The van der Waals surface area contributed by atoms with E-state index in [0.29, 0.717) is 11.5 Å². The number of para-hydroxylation sites is 1. The van der Waals surface area contributed by atoms with Crippen LogP contribution in [0.2, 0.25) is 0 Å². The predicted octanol–water partition coefficient (Wildman–Crippen LogP) is 1.77. The van der Waals surface area contributed by atoms with Crippen molar-refractivity contribution in [1.82, 2.24) is 9.97 Å². The first-order chi connectivity index (χ1) is 9.44. The van der Waals surface area contributed by atoms with Crippen LogP contribution < -0.4 is 10.0 Å². The number of halogens is 1. The summed E-state index contributed by atoms with van der Waals surface area (Å²) in [5.41, 5.74) is 0.409. The highest BCUT2D eigenvalue weighted by Gasteiger charge is 2.18. The van der Waals surface area contributed by atoms with Crippen molar-refractivity contribution in [3.63, 3.8) is 0 Å². The van der Waals surface area contributed by atoms with Crippen molar-refractivity contribution in [2.75, 3.05) is 17.1 Å². The highest BCUT2D eigenvalue weighted by Crippen LogP contribution is 2.22. The third-order valence-electron chi connectivity index (χ3n) is 2.62. The Bertz CT molecular complexity index is 696. The number of nitrogens with zero attached hydrogens (tertiary/aromatic N) is 2. The average molecular weight is 296 g/mol. The molecule has 20 heavy (non-hydrogen) atoms. The number of rotatable bonds is 4. The van der Waals surface area contributed by atoms with Crippen LogP contribution in [-0.4, -0.2) is 25.4 Å². The van der Waals surface area contributed by atoms with Gasteiger partial charge in [0, 0.05) is 7.05 Å². The number of benzene rings is 1. The molecular weight excluding hydrogens is 283 g/mol. The van der Waals surface area contributed by atoms with Gasteiger partial charge < -0.3 is 5.32 Å². The number of hydrogen-bond acceptors (Lipinski definition) is 5. The maximum atomic E-state index is 13.6. The maximum Gasteiger partial charge on any atom is 0.265 e. The molecule has 2 rings (SSSR count). The number of sulfonamides is 1. The van der Waals surface area contributed by atoms with Gasteiger partial charge in [-0.25, -0.2) is 22.8 Å². The first-order valence-corrected chi connectivity index (χ1v) is 7.20. The van der Waals surface area contributed by atoms with Crippen molar-refractivity contribution in [2.24, 2.45) is 0 Å². The normalized spacial score (nSPS) is 11.2. The van der Waals surface area contributed by atoms with Gasteiger partial charge in [-0.1, -0.05) is 12.1 Å². The number of anilines is 2. The second-order valence-electron chi connectivity index (χ2n) is 4.03. The molecule has 0 saturated carbocycles. The molecule has 0 saturated heterocycles. The van der Waals surface area contributed by atoms with Gasteiger partial charge in [0.05, 0.1) is 18.1 Å². The molecule has 8 heteroatoms. The quantitative estimate of drug-likeness (QED) is 0.898. The summed E-state index contributed by atoms with van der Waals surface area (Å²) in [5, 5.41) is 2.68. The molecule has 106 valence electrons. The van der Waals surface area contributed by atoms with E-state index in [9.17, 15) is 12.8 Å². The molecule has 0 bridgehead atoms. The minimum absolute atomic E-state index is 0.0785. The van der Waals surface area contributed by atoms with Crippen molar-refractivity contribution in [3.8, 4) is 0 Å². The molecule has 6 nitrogen and oxygen atoms in total. The molecule has 0 radical (unpaired) electrons. The van der Waals surface area contributed by atoms with Crippen LogP contribution in [0.1, 0.15) is 5.56 Å². The summed E-state index contributed by atoms with van der Waals surface area (Å²) in [6.45, 7) is 1.61. The van der Waals surface area contributed by atoms with E-state index < -0.39 is 15.8 Å². The summed E-state index contributed by atoms with van der Waals surface area (Å²) in [6.07, 6.45) is 2.30. The predicted molar refractivity (Wildman–Crippen MR) is 73.5 cm³/mol. The van der Waals surface area contributed by atoms with Gasteiger partial charge >= 0.3 is 0 Å². The molecule has 0 aliphatic rings. The smallest absolute Gasteiger partial charge is 0.265 e. The summed E-state index contributed by atoms with van der Waals surface area (Å²) >= 11 is 0. The van der Waals surface area contributed by atoms with E-state index in [2.05, 4.69) is 20.0 Å². The van der Waals surface area contributed by atoms with Crippen LogP contribution in [0.3, 0.4) is 0 Å². The van der Waals surface area contributed by atoms with Crippen LogP contribution in [0.25, 0.3) is 0 Å². The largest absolute Gasteiger partial charge is 0.357 e. The molecule has 1 aromatic heterocycles. The van der Waals surface area contributed by atoms with E-state index in [-0.39, 0.29) is 10.6 Å². The molecule has 1 aromatic carbocycles. The van der Waals surface area contributed by atoms with Crippen LogP contribution in [0, 0.1) is 12.7 Å². The van der Waals surface area contributed by atoms with Gasteiger partial charge in [-0.15, -0.1) is 0 Å². The lowest BCUT2D eigenvalue weighted by Crippen LogP contribution is -2.15. The second kappa shape index (κ2) is 5.41. The zero-order valence-electron chi connectivity index (χ0n) is 10.9. The lowest BCUT2D eigenvalue weighted by Gasteiger charge is -2.11. The Kier molecular flexibility index (Phi) is 3.84. The van der Waals surface area contributed by atoms with Crippen molar-refractivity contribution in [2.45, 2.75) is 11.8 Å². The molecule has 0 aliphatic carbocycles. The number of nitrogens with one attached hydrogen (secondary N) is 2. The van der Waals surface area contributed by atoms with Crippen LogP contribution >= 0.6 is 0 Å². The molecule has 0 unspecified atom stereocenters. The van der Waals surface area contributed by atoms with Crippen LogP contribution in [0.5, 0.6) is 0 Å². The molecule has 2 N–H and O–H groups in total. The Labute approximate surface area is 116 Å². The fourth-order valence-electron chi connectivity index (χ4n) is 1.54. The topological polar surface area (TPSA) is 84.0 Å². The van der Waals surface area contributed by atoms with Crippen LogP contribution in [0.15, 0.2) is 35.5 Å². The van der Waals surface area contributed by atoms with E-state index in [4.69, 9.17) is 0 Å². The fraction of sp³-hybridized carbons (Fsp3) is 0.167. The monoisotopic (exact) mass is 296 g/mol. The van der Waals surface area contributed by atoms with Crippen molar-refractivity contribution < 1.29 is 12.8 Å². The summed E-state index contributed by atoms with van der Waals surface area (Å²) < 4.78 is 40.1. The van der Waals surface area contributed by atoms with Gasteiger partial charge in [0.15, 0.2) is 0 Å². The molecule has 0 amide bonds. The van der Waals surface area contributed by atoms with Gasteiger partial charge in [0.25, 0.3) is 10.0 Å². The molecule has 0 atom stereocenters. The third-order valence-corrected chi connectivity index (χ3v) is 3.92. The standard InChI is InChI=1S/C12H13FN4O2S/c1-8-4-3-5-10(13)11(8)17-20(18,19)9-6-15-12(14-2)16-7-9/h3-7,17H,1-2H3,(H,14,15,16). The Morgan fingerprint density at radius 1 is 1.20 bits per heavy atom. The van der Waals surface area contributed by atoms with Crippen molar-refractivity contribution in [1.29, 1.82) is 0 Å². The van der Waals surface area contributed by atoms with Gasteiger partial charge in [-0.3, -0.25) is 4.72 Å². The summed E-state index contributed by atoms with van der Waals surface area (Å²) in [4.78, 5) is 7.49. The molecule has 2 aromatic rings. The highest BCUT2D eigenvalue weighted by atomic mass is 32.2. The van der Waals surface area contributed by atoms with Crippen LogP contribution in [0.4, 0.5) is 16.0 Å². The van der Waals surface area contributed by atoms with Gasteiger partial charge in [0.2, 0.25) is 5.95 Å². The van der Waals surface area contributed by atoms with Crippen molar-refractivity contribution in [3.05, 3.63) is 42.0 Å². The fourth-order valence-corrected chi connectivity index (χ4v) is 2.57. The van der Waals surface area contributed by atoms with Crippen molar-refractivity contribution >= 4 is 21.7 Å². The van der Waals surface area contributed by atoms with Gasteiger partial charge in [-0.05, 0) is 18.6 Å². The summed E-state index contributed by atoms with van der Waals surface area (Å²) in [5.74, 6) is -0.340. The third kappa shape index (κ3) is 2.85. The molecular formula is C12H13FN4O2S. The average Bonchev–Trinajstić information content (AvgIpc) is 2.43. The summed E-state index contributed by atoms with van der Waals surface area (Å²) in [6, 6.07) is 4.31. The lowest BCUT2D eigenvalue weighted by atomic mass is 10.2. The van der Waals surface area contributed by atoms with E-state index in [1.165, 1.54) is 12.1 Å². The first-order valence-electron chi connectivity index (χ1n) is 5.72. The number of aryl methyl sites for hydroxylation is 1.